The first-order valence-electron chi connectivity index (χ1n) is 11.6. The second-order valence-electron chi connectivity index (χ2n) is 7.02. The summed E-state index contributed by atoms with van der Waals surface area (Å²) in [5.74, 6) is -1.11. The van der Waals surface area contributed by atoms with Crippen LogP contribution in [0.3, 0.4) is 0 Å². The lowest BCUT2D eigenvalue weighted by atomic mass is 9.87. The van der Waals surface area contributed by atoms with Gasteiger partial charge in [-0.1, -0.05) is 71.8 Å². The molecule has 4 nitrogen and oxygen atoms in total. The fourth-order valence-electron chi connectivity index (χ4n) is 3.44. The van der Waals surface area contributed by atoms with Gasteiger partial charge in [-0.15, -0.1) is 6.58 Å². The number of rotatable bonds is 18. The maximum atomic E-state index is 6.05. The van der Waals surface area contributed by atoms with Gasteiger partial charge in [-0.25, -0.2) is 0 Å². The Bertz CT molecular complexity index is 316. The molecule has 0 aromatic rings. The van der Waals surface area contributed by atoms with Crippen molar-refractivity contribution in [1.82, 2.24) is 0 Å². The Labute approximate surface area is 176 Å². The average Bonchev–Trinajstić information content (AvgIpc) is 2.70. The molecular formula is C24H50O4. The maximum Gasteiger partial charge on any atom is 0.313 e. The lowest BCUT2D eigenvalue weighted by Crippen LogP contribution is -2.60. The van der Waals surface area contributed by atoms with Crippen molar-refractivity contribution >= 4 is 0 Å². The Balaban J connectivity index is 0. The van der Waals surface area contributed by atoms with Crippen LogP contribution < -0.4 is 0 Å². The molecule has 1 unspecified atom stereocenters. The van der Waals surface area contributed by atoms with Gasteiger partial charge in [0.25, 0.3) is 0 Å². The summed E-state index contributed by atoms with van der Waals surface area (Å²) in [6.45, 7) is 17.5. The third kappa shape index (κ3) is 10.9. The van der Waals surface area contributed by atoms with E-state index < -0.39 is 11.6 Å². The van der Waals surface area contributed by atoms with Crippen molar-refractivity contribution in [1.29, 1.82) is 0 Å². The van der Waals surface area contributed by atoms with Gasteiger partial charge in [-0.2, -0.15) is 0 Å². The van der Waals surface area contributed by atoms with Gasteiger partial charge in [0.15, 0.2) is 0 Å². The molecule has 0 aliphatic carbocycles. The van der Waals surface area contributed by atoms with Crippen LogP contribution in [0.15, 0.2) is 12.7 Å². The molecule has 4 heteroatoms. The van der Waals surface area contributed by atoms with E-state index in [1.165, 1.54) is 32.1 Å². The van der Waals surface area contributed by atoms with Gasteiger partial charge in [-0.05, 0) is 40.0 Å². The van der Waals surface area contributed by atoms with E-state index in [-0.39, 0.29) is 0 Å². The second-order valence-corrected chi connectivity index (χ2v) is 7.02. The fourth-order valence-corrected chi connectivity index (χ4v) is 3.44. The van der Waals surface area contributed by atoms with Crippen molar-refractivity contribution in [2.45, 2.75) is 117 Å². The normalized spacial score (nSPS) is 13.5. The van der Waals surface area contributed by atoms with E-state index in [9.17, 15) is 0 Å². The summed E-state index contributed by atoms with van der Waals surface area (Å²) in [4.78, 5) is 0. The van der Waals surface area contributed by atoms with Crippen molar-refractivity contribution in [3.05, 3.63) is 12.7 Å². The molecule has 170 valence electrons. The van der Waals surface area contributed by atoms with Gasteiger partial charge in [0.1, 0.15) is 5.60 Å². The third-order valence-electron chi connectivity index (χ3n) is 4.83. The zero-order valence-electron chi connectivity index (χ0n) is 20.1. The highest BCUT2D eigenvalue weighted by molar-refractivity contribution is 4.91. The summed E-state index contributed by atoms with van der Waals surface area (Å²) in [6, 6.07) is 0. The predicted molar refractivity (Wildman–Crippen MR) is 121 cm³/mol. The first kappa shape index (κ1) is 29.8. The highest BCUT2D eigenvalue weighted by Crippen LogP contribution is 2.40. The lowest BCUT2D eigenvalue weighted by molar-refractivity contribution is -0.444. The summed E-state index contributed by atoms with van der Waals surface area (Å²) < 4.78 is 24.2. The summed E-state index contributed by atoms with van der Waals surface area (Å²) in [7, 11) is 1.76. The first-order chi connectivity index (χ1) is 13.5. The molecule has 0 aliphatic heterocycles. The number of ether oxygens (including phenoxy) is 4. The Morgan fingerprint density at radius 3 is 1.50 bits per heavy atom. The molecule has 0 aliphatic rings. The maximum absolute atomic E-state index is 6.05. The summed E-state index contributed by atoms with van der Waals surface area (Å²) >= 11 is 0. The standard InChI is InChI=1S/C20H42O4.C4H8/c1-7-12-13-14-15-16-18-19(21-6,17-8-2)20(22-9-3,23-10-4)24-11-5;1-3-4-2/h7-18H2,1-6H3;3H,1,4H2,2H3. The highest BCUT2D eigenvalue weighted by Gasteiger charge is 2.55. The molecule has 0 amide bonds. The zero-order valence-corrected chi connectivity index (χ0v) is 20.1. The van der Waals surface area contributed by atoms with E-state index in [0.717, 1.165) is 32.1 Å². The van der Waals surface area contributed by atoms with Crippen molar-refractivity contribution in [2.24, 2.45) is 0 Å². The van der Waals surface area contributed by atoms with Gasteiger partial charge in [-0.3, -0.25) is 0 Å². The molecule has 0 rings (SSSR count). The molecule has 0 heterocycles. The van der Waals surface area contributed by atoms with E-state index in [4.69, 9.17) is 18.9 Å². The molecule has 28 heavy (non-hydrogen) atoms. The average molecular weight is 403 g/mol. The Morgan fingerprint density at radius 2 is 1.14 bits per heavy atom. The molecule has 0 aromatic heterocycles. The van der Waals surface area contributed by atoms with Gasteiger partial charge in [0.2, 0.25) is 0 Å². The molecule has 0 radical (unpaired) electrons. The SMILES string of the molecule is C=CCC.CCCCCCCCC(CCC)(OC)C(OCC)(OCC)OCC. The highest BCUT2D eigenvalue weighted by atomic mass is 16.9. The van der Waals surface area contributed by atoms with Gasteiger partial charge >= 0.3 is 5.97 Å². The molecular weight excluding hydrogens is 352 g/mol. The Hall–Kier alpha value is -0.420. The minimum absolute atomic E-state index is 0.533. The molecule has 0 fully saturated rings. The van der Waals surface area contributed by atoms with Crippen molar-refractivity contribution < 1.29 is 18.9 Å². The summed E-state index contributed by atoms with van der Waals surface area (Å²) in [6.07, 6.45) is 13.2. The van der Waals surface area contributed by atoms with Crippen LogP contribution in [0.2, 0.25) is 0 Å². The molecule has 0 bridgehead atoms. The lowest BCUT2D eigenvalue weighted by Gasteiger charge is -2.47. The van der Waals surface area contributed by atoms with Gasteiger partial charge in [0.05, 0.1) is 0 Å². The molecule has 0 saturated carbocycles. The van der Waals surface area contributed by atoms with Crippen LogP contribution in [0.5, 0.6) is 0 Å². The summed E-state index contributed by atoms with van der Waals surface area (Å²) in [5.41, 5.74) is -0.561. The number of hydrogen-bond donors (Lipinski definition) is 0. The van der Waals surface area contributed by atoms with Crippen LogP contribution in [0.1, 0.15) is 106 Å². The topological polar surface area (TPSA) is 36.9 Å². The van der Waals surface area contributed by atoms with Crippen LogP contribution in [0, 0.1) is 0 Å². The van der Waals surface area contributed by atoms with E-state index >= 15 is 0 Å². The van der Waals surface area contributed by atoms with Crippen LogP contribution >= 0.6 is 0 Å². The van der Waals surface area contributed by atoms with E-state index in [2.05, 4.69) is 27.4 Å². The zero-order chi connectivity index (χ0) is 21.7. The number of unbranched alkanes of at least 4 members (excludes halogenated alkanes) is 5. The van der Waals surface area contributed by atoms with Crippen LogP contribution in [-0.2, 0) is 18.9 Å². The van der Waals surface area contributed by atoms with Crippen LogP contribution in [-0.4, -0.2) is 38.5 Å². The van der Waals surface area contributed by atoms with E-state index in [1.807, 2.05) is 26.8 Å². The Kier molecular flexibility index (Phi) is 21.1. The number of hydrogen-bond acceptors (Lipinski definition) is 4. The molecule has 0 spiro atoms. The number of allylic oxidation sites excluding steroid dienone is 1. The Morgan fingerprint density at radius 1 is 0.679 bits per heavy atom. The quantitative estimate of drug-likeness (QED) is 0.137. The van der Waals surface area contributed by atoms with Crippen molar-refractivity contribution in [2.75, 3.05) is 26.9 Å². The van der Waals surface area contributed by atoms with Crippen LogP contribution in [0.4, 0.5) is 0 Å². The van der Waals surface area contributed by atoms with Crippen molar-refractivity contribution in [3.63, 3.8) is 0 Å². The van der Waals surface area contributed by atoms with E-state index in [1.54, 1.807) is 7.11 Å². The minimum Gasteiger partial charge on any atom is -0.370 e. The largest absolute Gasteiger partial charge is 0.370 e. The van der Waals surface area contributed by atoms with Crippen LogP contribution in [0.25, 0.3) is 0 Å². The van der Waals surface area contributed by atoms with Crippen molar-refractivity contribution in [3.8, 4) is 0 Å². The number of methoxy groups -OCH3 is 1. The smallest absolute Gasteiger partial charge is 0.313 e. The first-order valence-corrected chi connectivity index (χ1v) is 11.6. The monoisotopic (exact) mass is 402 g/mol. The van der Waals surface area contributed by atoms with Gasteiger partial charge in [0, 0.05) is 26.9 Å². The molecule has 0 saturated heterocycles. The predicted octanol–water partition coefficient (Wildman–Crippen LogP) is 7.27. The summed E-state index contributed by atoms with van der Waals surface area (Å²) in [5, 5.41) is 0. The molecule has 0 aromatic carbocycles. The van der Waals surface area contributed by atoms with E-state index in [0.29, 0.717) is 19.8 Å². The minimum atomic E-state index is -1.11. The molecule has 0 N–H and O–H groups in total. The second kappa shape index (κ2) is 19.9. The van der Waals surface area contributed by atoms with Gasteiger partial charge < -0.3 is 18.9 Å². The molecule has 1 atom stereocenters. The third-order valence-corrected chi connectivity index (χ3v) is 4.83. The fraction of sp³-hybridized carbons (Fsp3) is 0.917.